The lowest BCUT2D eigenvalue weighted by molar-refractivity contribution is -0.144. The largest absolute Gasteiger partial charge is 0.479 e. The van der Waals surface area contributed by atoms with E-state index in [0.717, 1.165) is 5.56 Å². The molecule has 15 heavy (non-hydrogen) atoms. The van der Waals surface area contributed by atoms with E-state index in [1.807, 2.05) is 13.0 Å². The molecular weight excluding hydrogens is 196 g/mol. The van der Waals surface area contributed by atoms with Crippen LogP contribution in [0.4, 0.5) is 0 Å². The van der Waals surface area contributed by atoms with Gasteiger partial charge >= 0.3 is 5.97 Å². The average molecular weight is 210 g/mol. The lowest BCUT2D eigenvalue weighted by atomic mass is 10.1. The quantitative estimate of drug-likeness (QED) is 0.787. The van der Waals surface area contributed by atoms with Crippen LogP contribution in [0.2, 0.25) is 0 Å². The summed E-state index contributed by atoms with van der Waals surface area (Å²) in [5, 5.41) is 17.7. The highest BCUT2D eigenvalue weighted by atomic mass is 16.5. The van der Waals surface area contributed by atoms with Gasteiger partial charge in [-0.15, -0.1) is 0 Å². The summed E-state index contributed by atoms with van der Waals surface area (Å²) < 4.78 is 5.19. The Morgan fingerprint density at radius 2 is 2.20 bits per heavy atom. The first-order valence-electron chi connectivity index (χ1n) is 4.64. The molecule has 1 atom stereocenters. The van der Waals surface area contributed by atoms with Crippen LogP contribution in [0, 0.1) is 6.92 Å². The van der Waals surface area contributed by atoms with Gasteiger partial charge in [-0.25, -0.2) is 4.79 Å². The zero-order valence-electron chi connectivity index (χ0n) is 8.73. The second-order valence-corrected chi connectivity index (χ2v) is 3.37. The molecule has 1 rings (SSSR count). The molecule has 0 saturated heterocycles. The van der Waals surface area contributed by atoms with Crippen molar-refractivity contribution in [2.24, 2.45) is 0 Å². The number of hydrogen-bond donors (Lipinski definition) is 2. The molecule has 0 heterocycles. The number of rotatable bonds is 4. The van der Waals surface area contributed by atoms with Crippen LogP contribution in [0.5, 0.6) is 5.75 Å². The standard InChI is InChI=1S/C11H14O4/c1-7-3-4-10(9(5-7)6-12)15-8(2)11(13)14/h3-5,8,12H,6H2,1-2H3,(H,13,14). The summed E-state index contributed by atoms with van der Waals surface area (Å²) in [6.45, 7) is 3.18. The maximum atomic E-state index is 10.6. The minimum absolute atomic E-state index is 0.163. The van der Waals surface area contributed by atoms with Gasteiger partial charge in [-0.1, -0.05) is 17.7 Å². The van der Waals surface area contributed by atoms with Crippen LogP contribution in [0.1, 0.15) is 18.1 Å². The number of carboxylic acids is 1. The van der Waals surface area contributed by atoms with Gasteiger partial charge in [0.25, 0.3) is 0 Å². The number of hydrogen-bond acceptors (Lipinski definition) is 3. The molecule has 4 nitrogen and oxygen atoms in total. The highest BCUT2D eigenvalue weighted by molar-refractivity contribution is 5.72. The summed E-state index contributed by atoms with van der Waals surface area (Å²) >= 11 is 0. The molecule has 2 N–H and O–H groups in total. The van der Waals surface area contributed by atoms with Crippen molar-refractivity contribution >= 4 is 5.97 Å². The van der Waals surface area contributed by atoms with E-state index in [1.54, 1.807) is 12.1 Å². The second kappa shape index (κ2) is 4.79. The predicted octanol–water partition coefficient (Wildman–Crippen LogP) is 1.34. The van der Waals surface area contributed by atoms with Crippen LogP contribution in [-0.2, 0) is 11.4 Å². The van der Waals surface area contributed by atoms with Gasteiger partial charge in [0.1, 0.15) is 5.75 Å². The van der Waals surface area contributed by atoms with E-state index in [0.29, 0.717) is 11.3 Å². The Kier molecular flexibility index (Phi) is 3.68. The molecule has 1 aromatic carbocycles. The van der Waals surface area contributed by atoms with E-state index < -0.39 is 12.1 Å². The monoisotopic (exact) mass is 210 g/mol. The Labute approximate surface area is 88.1 Å². The summed E-state index contributed by atoms with van der Waals surface area (Å²) in [5.74, 6) is -0.613. The summed E-state index contributed by atoms with van der Waals surface area (Å²) in [6.07, 6.45) is -0.919. The topological polar surface area (TPSA) is 66.8 Å². The fraction of sp³-hybridized carbons (Fsp3) is 0.364. The minimum atomic E-state index is -1.03. The Morgan fingerprint density at radius 3 is 2.73 bits per heavy atom. The van der Waals surface area contributed by atoms with Gasteiger partial charge in [0.15, 0.2) is 6.10 Å². The van der Waals surface area contributed by atoms with Gasteiger partial charge in [-0.2, -0.15) is 0 Å². The zero-order chi connectivity index (χ0) is 11.4. The maximum Gasteiger partial charge on any atom is 0.344 e. The predicted molar refractivity (Wildman–Crippen MR) is 54.8 cm³/mol. The molecular formula is C11H14O4. The van der Waals surface area contributed by atoms with Crippen LogP contribution < -0.4 is 4.74 Å². The number of benzene rings is 1. The van der Waals surface area contributed by atoms with Crippen molar-refractivity contribution in [3.05, 3.63) is 29.3 Å². The van der Waals surface area contributed by atoms with E-state index in [2.05, 4.69) is 0 Å². The second-order valence-electron chi connectivity index (χ2n) is 3.37. The number of aryl methyl sites for hydroxylation is 1. The van der Waals surface area contributed by atoms with E-state index in [4.69, 9.17) is 14.9 Å². The van der Waals surface area contributed by atoms with Crippen molar-refractivity contribution < 1.29 is 19.7 Å². The van der Waals surface area contributed by atoms with E-state index in [-0.39, 0.29) is 6.61 Å². The van der Waals surface area contributed by atoms with E-state index in [1.165, 1.54) is 6.92 Å². The molecule has 0 saturated carbocycles. The highest BCUT2D eigenvalue weighted by Gasteiger charge is 2.14. The number of carbonyl (C=O) groups is 1. The first kappa shape index (κ1) is 11.5. The number of aliphatic hydroxyl groups excluding tert-OH is 1. The molecule has 0 amide bonds. The van der Waals surface area contributed by atoms with Crippen molar-refractivity contribution in [1.82, 2.24) is 0 Å². The lowest BCUT2D eigenvalue weighted by Crippen LogP contribution is -2.23. The van der Waals surface area contributed by atoms with Gasteiger partial charge in [-0.05, 0) is 19.9 Å². The Morgan fingerprint density at radius 1 is 1.53 bits per heavy atom. The van der Waals surface area contributed by atoms with Crippen molar-refractivity contribution in [3.63, 3.8) is 0 Å². The van der Waals surface area contributed by atoms with Crippen LogP contribution >= 0.6 is 0 Å². The lowest BCUT2D eigenvalue weighted by Gasteiger charge is -2.13. The maximum absolute atomic E-state index is 10.6. The van der Waals surface area contributed by atoms with Gasteiger partial charge in [-0.3, -0.25) is 0 Å². The Balaban J connectivity index is 2.89. The summed E-state index contributed by atoms with van der Waals surface area (Å²) in [4.78, 5) is 10.6. The van der Waals surface area contributed by atoms with Crippen molar-refractivity contribution in [2.45, 2.75) is 26.6 Å². The first-order chi connectivity index (χ1) is 7.04. The molecule has 82 valence electrons. The zero-order valence-corrected chi connectivity index (χ0v) is 8.73. The molecule has 1 aromatic rings. The molecule has 0 aliphatic carbocycles. The number of aliphatic hydroxyl groups is 1. The molecule has 0 fully saturated rings. The summed E-state index contributed by atoms with van der Waals surface area (Å²) in [6, 6.07) is 5.24. The fourth-order valence-corrected chi connectivity index (χ4v) is 1.19. The fourth-order valence-electron chi connectivity index (χ4n) is 1.19. The molecule has 1 unspecified atom stereocenters. The highest BCUT2D eigenvalue weighted by Crippen LogP contribution is 2.21. The van der Waals surface area contributed by atoms with Crippen molar-refractivity contribution in [1.29, 1.82) is 0 Å². The molecule has 4 heteroatoms. The van der Waals surface area contributed by atoms with Crippen LogP contribution in [0.3, 0.4) is 0 Å². The van der Waals surface area contributed by atoms with Crippen molar-refractivity contribution in [2.75, 3.05) is 0 Å². The third kappa shape index (κ3) is 2.95. The van der Waals surface area contributed by atoms with Gasteiger partial charge in [0.05, 0.1) is 6.61 Å². The SMILES string of the molecule is Cc1ccc(OC(C)C(=O)O)c(CO)c1. The molecule has 0 spiro atoms. The Bertz CT molecular complexity index is 360. The van der Waals surface area contributed by atoms with Crippen LogP contribution in [0.15, 0.2) is 18.2 Å². The van der Waals surface area contributed by atoms with Crippen LogP contribution in [0.25, 0.3) is 0 Å². The molecule has 0 radical (unpaired) electrons. The molecule has 0 aliphatic rings. The first-order valence-corrected chi connectivity index (χ1v) is 4.64. The van der Waals surface area contributed by atoms with E-state index in [9.17, 15) is 4.79 Å². The number of carboxylic acid groups (broad SMARTS) is 1. The summed E-state index contributed by atoms with van der Waals surface area (Å²) in [7, 11) is 0. The average Bonchev–Trinajstić information content (AvgIpc) is 2.20. The third-order valence-electron chi connectivity index (χ3n) is 2.04. The van der Waals surface area contributed by atoms with Gasteiger partial charge in [0.2, 0.25) is 0 Å². The normalized spacial score (nSPS) is 12.2. The van der Waals surface area contributed by atoms with Crippen LogP contribution in [-0.4, -0.2) is 22.3 Å². The third-order valence-corrected chi connectivity index (χ3v) is 2.04. The van der Waals surface area contributed by atoms with Crippen molar-refractivity contribution in [3.8, 4) is 5.75 Å². The number of ether oxygens (including phenoxy) is 1. The smallest absolute Gasteiger partial charge is 0.344 e. The summed E-state index contributed by atoms with van der Waals surface area (Å²) in [5.41, 5.74) is 1.59. The molecule has 0 aliphatic heterocycles. The number of aliphatic carboxylic acids is 1. The van der Waals surface area contributed by atoms with E-state index >= 15 is 0 Å². The Hall–Kier alpha value is -1.55. The van der Waals surface area contributed by atoms with Gasteiger partial charge < -0.3 is 14.9 Å². The minimum Gasteiger partial charge on any atom is -0.479 e. The molecule has 0 bridgehead atoms. The molecule has 0 aromatic heterocycles. The van der Waals surface area contributed by atoms with Gasteiger partial charge in [0, 0.05) is 5.56 Å².